The van der Waals surface area contributed by atoms with Crippen LogP contribution in [0, 0.1) is 0 Å². The van der Waals surface area contributed by atoms with Crippen LogP contribution in [0.5, 0.6) is 0 Å². The molecule has 0 aromatic carbocycles. The van der Waals surface area contributed by atoms with Crippen LogP contribution in [-0.2, 0) is 12.5 Å². The van der Waals surface area contributed by atoms with E-state index < -0.39 is 0 Å². The maximum absolute atomic E-state index is 10.5. The first-order valence-corrected chi connectivity index (χ1v) is 3.94. The van der Waals surface area contributed by atoms with Gasteiger partial charge < -0.3 is 4.57 Å². The van der Waals surface area contributed by atoms with Crippen molar-refractivity contribution in [1.29, 1.82) is 0 Å². The van der Waals surface area contributed by atoms with Crippen LogP contribution in [0.15, 0.2) is 6.20 Å². The maximum Gasteiger partial charge on any atom is 0.185 e. The Balaban J connectivity index is 3.19. The van der Waals surface area contributed by atoms with Gasteiger partial charge in [-0.15, -0.1) is 0 Å². The Morgan fingerprint density at radius 1 is 1.50 bits per heavy atom. The second-order valence-corrected chi connectivity index (χ2v) is 3.93. The summed E-state index contributed by atoms with van der Waals surface area (Å²) >= 11 is 0. The third-order valence-corrected chi connectivity index (χ3v) is 1.90. The number of hydrogen-bond donors (Lipinski definition) is 0. The third kappa shape index (κ3) is 1.40. The van der Waals surface area contributed by atoms with Gasteiger partial charge in [0.2, 0.25) is 0 Å². The molecule has 66 valence electrons. The van der Waals surface area contributed by atoms with Crippen LogP contribution >= 0.6 is 0 Å². The van der Waals surface area contributed by atoms with Crippen molar-refractivity contribution in [2.75, 3.05) is 0 Å². The summed E-state index contributed by atoms with van der Waals surface area (Å²) in [5.41, 5.74) is 1.12. The molecule has 3 nitrogen and oxygen atoms in total. The molecule has 0 aliphatic carbocycles. The summed E-state index contributed by atoms with van der Waals surface area (Å²) in [7, 11) is 1.86. The van der Waals surface area contributed by atoms with Crippen LogP contribution in [0.3, 0.4) is 0 Å². The Hall–Kier alpha value is -1.12. The second-order valence-electron chi connectivity index (χ2n) is 3.93. The molecule has 3 heteroatoms. The molecule has 0 radical (unpaired) electrons. The first-order chi connectivity index (χ1) is 5.46. The molecule has 0 saturated carbocycles. The van der Waals surface area contributed by atoms with E-state index in [1.807, 2.05) is 11.6 Å². The number of carbonyl (C=O) groups excluding carboxylic acids is 1. The molecule has 0 aliphatic heterocycles. The Labute approximate surface area is 72.4 Å². The molecular formula is C9H14N2O. The fourth-order valence-corrected chi connectivity index (χ4v) is 1.23. The van der Waals surface area contributed by atoms with Crippen LogP contribution < -0.4 is 0 Å². The molecule has 0 unspecified atom stereocenters. The lowest BCUT2D eigenvalue weighted by molar-refractivity contribution is 0.111. The number of rotatable bonds is 1. The molecule has 0 fully saturated rings. The van der Waals surface area contributed by atoms with Gasteiger partial charge in [-0.05, 0) is 0 Å². The Morgan fingerprint density at radius 2 is 2.08 bits per heavy atom. The van der Waals surface area contributed by atoms with Crippen molar-refractivity contribution in [3.8, 4) is 0 Å². The molecule has 0 amide bonds. The predicted octanol–water partition coefficient (Wildman–Crippen LogP) is 1.53. The number of aromatic nitrogens is 2. The highest BCUT2D eigenvalue weighted by molar-refractivity contribution is 5.69. The summed E-state index contributed by atoms with van der Waals surface area (Å²) in [6, 6.07) is 0. The molecular weight excluding hydrogens is 152 g/mol. The minimum absolute atomic E-state index is 0.0447. The number of carbonyl (C=O) groups is 1. The van der Waals surface area contributed by atoms with E-state index >= 15 is 0 Å². The highest BCUT2D eigenvalue weighted by Gasteiger charge is 2.19. The van der Waals surface area contributed by atoms with Crippen LogP contribution in [-0.4, -0.2) is 15.8 Å². The molecule has 0 saturated heterocycles. The summed E-state index contributed by atoms with van der Waals surface area (Å²) in [5, 5.41) is 0. The van der Waals surface area contributed by atoms with E-state index in [0.29, 0.717) is 5.82 Å². The Bertz CT molecular complexity index is 294. The minimum atomic E-state index is 0.0447. The molecule has 1 heterocycles. The average molecular weight is 166 g/mol. The molecule has 1 aromatic rings. The lowest BCUT2D eigenvalue weighted by atomic mass is 9.93. The van der Waals surface area contributed by atoms with Crippen LogP contribution in [0.25, 0.3) is 0 Å². The highest BCUT2D eigenvalue weighted by Crippen LogP contribution is 2.21. The fourth-order valence-electron chi connectivity index (χ4n) is 1.23. The first-order valence-electron chi connectivity index (χ1n) is 3.94. The van der Waals surface area contributed by atoms with Gasteiger partial charge >= 0.3 is 0 Å². The maximum atomic E-state index is 10.5. The van der Waals surface area contributed by atoms with Gasteiger partial charge in [-0.3, -0.25) is 4.79 Å². The van der Waals surface area contributed by atoms with Crippen molar-refractivity contribution in [1.82, 2.24) is 9.55 Å². The number of aldehydes is 1. The van der Waals surface area contributed by atoms with Crippen LogP contribution in [0.1, 0.15) is 37.1 Å². The molecule has 1 rings (SSSR count). The van der Waals surface area contributed by atoms with Crippen LogP contribution in [0.4, 0.5) is 0 Å². The van der Waals surface area contributed by atoms with Gasteiger partial charge in [-0.2, -0.15) is 0 Å². The van der Waals surface area contributed by atoms with E-state index in [9.17, 15) is 4.79 Å². The number of hydrogen-bond acceptors (Lipinski definition) is 2. The second kappa shape index (κ2) is 2.73. The van der Waals surface area contributed by atoms with Crippen molar-refractivity contribution < 1.29 is 4.79 Å². The number of imidazole rings is 1. The third-order valence-electron chi connectivity index (χ3n) is 1.90. The number of nitrogens with zero attached hydrogens (tertiary/aromatic N) is 2. The Kier molecular flexibility index (Phi) is 2.04. The monoisotopic (exact) mass is 166 g/mol. The molecule has 1 aromatic heterocycles. The van der Waals surface area contributed by atoms with Gasteiger partial charge in [0.05, 0.1) is 0 Å². The summed E-state index contributed by atoms with van der Waals surface area (Å²) in [6.07, 6.45) is 2.53. The van der Waals surface area contributed by atoms with Gasteiger partial charge in [0.15, 0.2) is 12.1 Å². The summed E-state index contributed by atoms with van der Waals surface area (Å²) in [6.45, 7) is 6.29. The molecule has 0 atom stereocenters. The van der Waals surface area contributed by atoms with Gasteiger partial charge in [0, 0.05) is 24.4 Å². The van der Waals surface area contributed by atoms with Crippen molar-refractivity contribution in [2.24, 2.45) is 7.05 Å². The van der Waals surface area contributed by atoms with E-state index in [4.69, 9.17) is 0 Å². The molecule has 0 N–H and O–H groups in total. The molecule has 0 aliphatic rings. The van der Waals surface area contributed by atoms with Gasteiger partial charge in [-0.25, -0.2) is 4.98 Å². The fraction of sp³-hybridized carbons (Fsp3) is 0.556. The van der Waals surface area contributed by atoms with Crippen molar-refractivity contribution in [2.45, 2.75) is 26.2 Å². The normalized spacial score (nSPS) is 11.7. The van der Waals surface area contributed by atoms with E-state index in [2.05, 4.69) is 25.8 Å². The van der Waals surface area contributed by atoms with Crippen molar-refractivity contribution >= 4 is 6.29 Å². The van der Waals surface area contributed by atoms with Gasteiger partial charge in [0.1, 0.15) is 0 Å². The SMILES string of the molecule is Cn1c(C(C)(C)C)cnc1C=O. The predicted molar refractivity (Wildman–Crippen MR) is 47.3 cm³/mol. The topological polar surface area (TPSA) is 34.9 Å². The zero-order valence-corrected chi connectivity index (χ0v) is 7.96. The smallest absolute Gasteiger partial charge is 0.185 e. The molecule has 0 bridgehead atoms. The first kappa shape index (κ1) is 8.97. The quantitative estimate of drug-likeness (QED) is 0.593. The largest absolute Gasteiger partial charge is 0.328 e. The van der Waals surface area contributed by atoms with E-state index in [1.165, 1.54) is 0 Å². The van der Waals surface area contributed by atoms with Gasteiger partial charge in [-0.1, -0.05) is 20.8 Å². The van der Waals surface area contributed by atoms with Crippen LogP contribution in [0.2, 0.25) is 0 Å². The van der Waals surface area contributed by atoms with Gasteiger partial charge in [0.25, 0.3) is 0 Å². The highest BCUT2D eigenvalue weighted by atomic mass is 16.1. The standard InChI is InChI=1S/C9H14N2O/c1-9(2,3)7-5-10-8(6-12)11(7)4/h5-6H,1-4H3. The zero-order valence-electron chi connectivity index (χ0n) is 7.96. The van der Waals surface area contributed by atoms with Crippen molar-refractivity contribution in [3.63, 3.8) is 0 Å². The minimum Gasteiger partial charge on any atom is -0.328 e. The Morgan fingerprint density at radius 3 is 2.33 bits per heavy atom. The molecule has 12 heavy (non-hydrogen) atoms. The van der Waals surface area contributed by atoms with E-state index in [-0.39, 0.29) is 5.41 Å². The van der Waals surface area contributed by atoms with Crippen molar-refractivity contribution in [3.05, 3.63) is 17.7 Å². The molecule has 0 spiro atoms. The lowest BCUT2D eigenvalue weighted by Gasteiger charge is -2.18. The van der Waals surface area contributed by atoms with E-state index in [1.54, 1.807) is 6.20 Å². The zero-order chi connectivity index (χ0) is 9.35. The summed E-state index contributed by atoms with van der Waals surface area (Å²) < 4.78 is 1.83. The lowest BCUT2D eigenvalue weighted by Crippen LogP contribution is -2.16. The average Bonchev–Trinajstić information content (AvgIpc) is 2.29. The summed E-state index contributed by atoms with van der Waals surface area (Å²) in [4.78, 5) is 14.5. The van der Waals surface area contributed by atoms with E-state index in [0.717, 1.165) is 12.0 Å². The summed E-state index contributed by atoms with van der Waals surface area (Å²) in [5.74, 6) is 0.486.